The molecule has 1 aliphatic rings. The maximum absolute atomic E-state index is 14.0. The first kappa shape index (κ1) is 18.8. The lowest BCUT2D eigenvalue weighted by Crippen LogP contribution is -2.24. The third-order valence-corrected chi connectivity index (χ3v) is 5.45. The predicted molar refractivity (Wildman–Crippen MR) is 96.0 cm³/mol. The summed E-state index contributed by atoms with van der Waals surface area (Å²) in [6.45, 7) is 0. The molecule has 1 aromatic heterocycles. The molecular formula is C17H17ClFN4O2S-. The van der Waals surface area contributed by atoms with Crippen molar-refractivity contribution in [2.75, 3.05) is 5.75 Å². The molecule has 0 aliphatic heterocycles. The maximum atomic E-state index is 14.0. The van der Waals surface area contributed by atoms with E-state index in [1.165, 1.54) is 29.4 Å². The molecule has 1 heterocycles. The van der Waals surface area contributed by atoms with E-state index in [1.54, 1.807) is 6.07 Å². The molecule has 0 radical (unpaired) electrons. The van der Waals surface area contributed by atoms with Crippen molar-refractivity contribution in [3.8, 4) is 0 Å². The number of carboxylic acids is 1. The third kappa shape index (κ3) is 4.42. The average molecular weight is 396 g/mol. The van der Waals surface area contributed by atoms with Crippen molar-refractivity contribution in [3.05, 3.63) is 40.4 Å². The average Bonchev–Trinajstić information content (AvgIpc) is 3.03. The minimum Gasteiger partial charge on any atom is -0.549 e. The van der Waals surface area contributed by atoms with Gasteiger partial charge >= 0.3 is 0 Å². The van der Waals surface area contributed by atoms with Crippen LogP contribution in [-0.2, 0) is 4.79 Å². The largest absolute Gasteiger partial charge is 0.549 e. The van der Waals surface area contributed by atoms with Gasteiger partial charge in [0.25, 0.3) is 0 Å². The van der Waals surface area contributed by atoms with Gasteiger partial charge in [-0.05, 0) is 25.0 Å². The Balaban J connectivity index is 1.94. The molecule has 1 fully saturated rings. The zero-order valence-corrected chi connectivity index (χ0v) is 15.5. The van der Waals surface area contributed by atoms with E-state index in [1.807, 2.05) is 0 Å². The number of hydrogen-bond acceptors (Lipinski definition) is 6. The molecule has 0 atom stereocenters. The topological polar surface area (TPSA) is 83.2 Å². The summed E-state index contributed by atoms with van der Waals surface area (Å²) in [5, 5.41) is 23.9. The molecule has 2 aromatic rings. The van der Waals surface area contributed by atoms with Crippen molar-refractivity contribution in [1.29, 1.82) is 0 Å². The fourth-order valence-corrected chi connectivity index (χ4v) is 3.78. The number of carbonyl (C=O) groups excluding carboxylic acids is 1. The second-order valence-electron chi connectivity index (χ2n) is 6.03. The summed E-state index contributed by atoms with van der Waals surface area (Å²) in [4.78, 5) is 10.8. The number of benzene rings is 1. The van der Waals surface area contributed by atoms with Gasteiger partial charge in [0, 0.05) is 17.2 Å². The van der Waals surface area contributed by atoms with Gasteiger partial charge in [-0.15, -0.1) is 10.2 Å². The van der Waals surface area contributed by atoms with Crippen LogP contribution < -0.4 is 5.11 Å². The summed E-state index contributed by atoms with van der Waals surface area (Å²) in [7, 11) is 0. The Morgan fingerprint density at radius 1 is 1.38 bits per heavy atom. The molecule has 0 amide bonds. The number of carboxylic acid groups (broad SMARTS) is 1. The van der Waals surface area contributed by atoms with Crippen LogP contribution in [0.5, 0.6) is 0 Å². The molecule has 1 aliphatic carbocycles. The lowest BCUT2D eigenvalue weighted by atomic mass is 9.89. The molecule has 1 aromatic carbocycles. The second-order valence-corrected chi connectivity index (χ2v) is 7.38. The van der Waals surface area contributed by atoms with Gasteiger partial charge in [0.15, 0.2) is 5.82 Å². The Bertz CT molecular complexity index is 801. The zero-order valence-electron chi connectivity index (χ0n) is 13.9. The summed E-state index contributed by atoms with van der Waals surface area (Å²) in [5.74, 6) is -1.10. The number of aliphatic carboxylic acids is 1. The summed E-state index contributed by atoms with van der Waals surface area (Å²) < 4.78 is 15.5. The molecular weight excluding hydrogens is 379 g/mol. The fraction of sp³-hybridized carbons (Fsp3) is 0.412. The van der Waals surface area contributed by atoms with E-state index in [2.05, 4.69) is 15.3 Å². The molecule has 1 saturated carbocycles. The van der Waals surface area contributed by atoms with E-state index in [0.29, 0.717) is 11.0 Å². The van der Waals surface area contributed by atoms with E-state index in [9.17, 15) is 14.3 Å². The van der Waals surface area contributed by atoms with E-state index in [4.69, 9.17) is 11.6 Å². The highest BCUT2D eigenvalue weighted by molar-refractivity contribution is 7.99. The van der Waals surface area contributed by atoms with Gasteiger partial charge in [-0.1, -0.05) is 48.7 Å². The maximum Gasteiger partial charge on any atom is 0.212 e. The quantitative estimate of drug-likeness (QED) is 0.554. The Labute approximate surface area is 159 Å². The normalized spacial score (nSPS) is 15.6. The number of halogens is 2. The number of carbonyl (C=O) groups is 1. The van der Waals surface area contributed by atoms with E-state index in [0.717, 1.165) is 37.4 Å². The van der Waals surface area contributed by atoms with E-state index in [-0.39, 0.29) is 22.3 Å². The first-order valence-electron chi connectivity index (χ1n) is 8.32. The van der Waals surface area contributed by atoms with Crippen molar-refractivity contribution in [2.24, 2.45) is 5.10 Å². The minimum absolute atomic E-state index is 0.160. The van der Waals surface area contributed by atoms with Crippen LogP contribution in [0, 0.1) is 5.82 Å². The van der Waals surface area contributed by atoms with Gasteiger partial charge in [-0.3, -0.25) is 0 Å². The van der Waals surface area contributed by atoms with Gasteiger partial charge in [-0.25, -0.2) is 4.39 Å². The van der Waals surface area contributed by atoms with Crippen molar-refractivity contribution in [2.45, 2.75) is 43.2 Å². The van der Waals surface area contributed by atoms with Crippen LogP contribution in [0.3, 0.4) is 0 Å². The van der Waals surface area contributed by atoms with Crippen LogP contribution in [-0.4, -0.2) is 32.8 Å². The van der Waals surface area contributed by atoms with E-state index >= 15 is 0 Å². The molecule has 9 heteroatoms. The second kappa shape index (κ2) is 8.64. The predicted octanol–water partition coefficient (Wildman–Crippen LogP) is 2.84. The van der Waals surface area contributed by atoms with Gasteiger partial charge in [-0.2, -0.15) is 9.78 Å². The fourth-order valence-electron chi connectivity index (χ4n) is 2.96. The first-order valence-corrected chi connectivity index (χ1v) is 9.69. The number of nitrogens with zero attached hydrogens (tertiary/aromatic N) is 4. The number of hydrogen-bond donors (Lipinski definition) is 0. The van der Waals surface area contributed by atoms with Crippen molar-refractivity contribution >= 4 is 35.5 Å². The highest BCUT2D eigenvalue weighted by Gasteiger charge is 2.23. The highest BCUT2D eigenvalue weighted by Crippen LogP contribution is 2.33. The van der Waals surface area contributed by atoms with Gasteiger partial charge in [0.05, 0.1) is 17.2 Å². The summed E-state index contributed by atoms with van der Waals surface area (Å²) in [6, 6.07) is 4.39. The molecule has 26 heavy (non-hydrogen) atoms. The lowest BCUT2D eigenvalue weighted by Gasteiger charge is -2.20. The smallest absolute Gasteiger partial charge is 0.212 e. The minimum atomic E-state index is -1.20. The van der Waals surface area contributed by atoms with Crippen LogP contribution in [0.25, 0.3) is 0 Å². The van der Waals surface area contributed by atoms with Crippen LogP contribution >= 0.6 is 23.4 Å². The molecule has 0 N–H and O–H groups in total. The summed E-state index contributed by atoms with van der Waals surface area (Å²) in [6.07, 6.45) is 6.64. The van der Waals surface area contributed by atoms with Crippen LogP contribution in [0.2, 0.25) is 5.02 Å². The standard InChI is InChI=1S/C17H18ClFN4O2S/c18-13-7-4-8-14(19)12(13)9-20-23-16(11-5-2-1-3-6-11)21-22-17(23)26-10-15(24)25/h4,7-9,11H,1-3,5-6,10H2,(H,24,25)/p-1. The molecule has 138 valence electrons. The van der Waals surface area contributed by atoms with Crippen molar-refractivity contribution in [3.63, 3.8) is 0 Å². The van der Waals surface area contributed by atoms with Gasteiger partial charge in [0.2, 0.25) is 5.16 Å². The SMILES string of the molecule is O=C([O-])CSc1nnc(C2CCCCC2)n1N=Cc1c(F)cccc1Cl. The van der Waals surface area contributed by atoms with E-state index < -0.39 is 11.8 Å². The number of rotatable bonds is 6. The monoisotopic (exact) mass is 395 g/mol. The van der Waals surface area contributed by atoms with Gasteiger partial charge in [0.1, 0.15) is 5.82 Å². The first-order chi connectivity index (χ1) is 12.6. The molecule has 0 unspecified atom stereocenters. The Hall–Kier alpha value is -1.93. The molecule has 0 spiro atoms. The van der Waals surface area contributed by atoms with Crippen LogP contribution in [0.4, 0.5) is 4.39 Å². The Morgan fingerprint density at radius 2 is 2.15 bits per heavy atom. The van der Waals surface area contributed by atoms with Crippen molar-refractivity contribution < 1.29 is 14.3 Å². The molecule has 3 rings (SSSR count). The highest BCUT2D eigenvalue weighted by atomic mass is 35.5. The summed E-state index contributed by atoms with van der Waals surface area (Å²) in [5.41, 5.74) is 0.160. The van der Waals surface area contributed by atoms with Gasteiger partial charge < -0.3 is 9.90 Å². The number of aromatic nitrogens is 3. The van der Waals surface area contributed by atoms with Crippen LogP contribution in [0.15, 0.2) is 28.5 Å². The summed E-state index contributed by atoms with van der Waals surface area (Å²) >= 11 is 7.01. The zero-order chi connectivity index (χ0) is 18.5. The molecule has 6 nitrogen and oxygen atoms in total. The Morgan fingerprint density at radius 3 is 2.85 bits per heavy atom. The third-order valence-electron chi connectivity index (χ3n) is 4.23. The number of thioether (sulfide) groups is 1. The van der Waals surface area contributed by atoms with Crippen LogP contribution in [0.1, 0.15) is 49.4 Å². The van der Waals surface area contributed by atoms with Crippen molar-refractivity contribution in [1.82, 2.24) is 14.9 Å². The molecule has 0 saturated heterocycles. The lowest BCUT2D eigenvalue weighted by molar-refractivity contribution is -0.301. The Kier molecular flexibility index (Phi) is 6.26. The molecule has 0 bridgehead atoms.